The Balaban J connectivity index is 1.61. The maximum Gasteiger partial charge on any atom is 0.261 e. The summed E-state index contributed by atoms with van der Waals surface area (Å²) in [5.74, 6) is -0.214. The molecule has 0 aliphatic rings. The Labute approximate surface area is 145 Å². The molecule has 2 aromatic carbocycles. The predicted octanol–water partition coefficient (Wildman–Crippen LogP) is 3.57. The van der Waals surface area contributed by atoms with Gasteiger partial charge in [0.2, 0.25) is 0 Å². The maximum atomic E-state index is 12.7. The molecule has 4 aromatic rings. The van der Waals surface area contributed by atoms with Gasteiger partial charge in [0.25, 0.3) is 5.91 Å². The largest absolute Gasteiger partial charge is 0.322 e. The molecule has 0 spiro atoms. The molecular formula is C20H16N4O. The van der Waals surface area contributed by atoms with Gasteiger partial charge < -0.3 is 5.32 Å². The van der Waals surface area contributed by atoms with E-state index in [1.807, 2.05) is 42.5 Å². The molecule has 4 rings (SSSR count). The summed E-state index contributed by atoms with van der Waals surface area (Å²) >= 11 is 0. The van der Waals surface area contributed by atoms with Crippen LogP contribution in [0.15, 0.2) is 79.3 Å². The van der Waals surface area contributed by atoms with Crippen molar-refractivity contribution in [2.75, 3.05) is 5.32 Å². The van der Waals surface area contributed by atoms with Crippen molar-refractivity contribution in [3.8, 4) is 0 Å². The van der Waals surface area contributed by atoms with Crippen molar-refractivity contribution in [2.45, 2.75) is 6.42 Å². The first-order valence-electron chi connectivity index (χ1n) is 8.03. The molecule has 1 N–H and O–H groups in total. The molecule has 0 unspecified atom stereocenters. The van der Waals surface area contributed by atoms with Gasteiger partial charge in [-0.15, -0.1) is 0 Å². The van der Waals surface area contributed by atoms with Crippen LogP contribution < -0.4 is 5.32 Å². The van der Waals surface area contributed by atoms with Crippen molar-refractivity contribution < 1.29 is 4.79 Å². The molecule has 0 bridgehead atoms. The van der Waals surface area contributed by atoms with E-state index in [0.717, 1.165) is 17.7 Å². The lowest BCUT2D eigenvalue weighted by atomic mass is 10.0. The van der Waals surface area contributed by atoms with Crippen molar-refractivity contribution in [2.24, 2.45) is 0 Å². The molecule has 2 heterocycles. The van der Waals surface area contributed by atoms with Crippen LogP contribution in [-0.2, 0) is 6.42 Å². The van der Waals surface area contributed by atoms with Gasteiger partial charge in [-0.1, -0.05) is 48.5 Å². The van der Waals surface area contributed by atoms with Crippen LogP contribution in [0.2, 0.25) is 0 Å². The number of benzene rings is 2. The van der Waals surface area contributed by atoms with E-state index < -0.39 is 0 Å². The summed E-state index contributed by atoms with van der Waals surface area (Å²) in [6, 6.07) is 19.8. The lowest BCUT2D eigenvalue weighted by molar-refractivity contribution is 0.102. The van der Waals surface area contributed by atoms with E-state index in [1.165, 1.54) is 11.8 Å². The number of anilines is 1. The fourth-order valence-electron chi connectivity index (χ4n) is 2.79. The van der Waals surface area contributed by atoms with Gasteiger partial charge in [-0.25, -0.2) is 9.50 Å². The van der Waals surface area contributed by atoms with Gasteiger partial charge >= 0.3 is 0 Å². The van der Waals surface area contributed by atoms with Gasteiger partial charge in [0.05, 0.1) is 6.20 Å². The zero-order chi connectivity index (χ0) is 17.1. The van der Waals surface area contributed by atoms with Gasteiger partial charge in [0.15, 0.2) is 5.65 Å². The SMILES string of the molecule is O=C(Nc1ccccc1Cc1ccccc1)c1cnn2cccnc12. The Bertz CT molecular complexity index is 1020. The Kier molecular flexibility index (Phi) is 3.96. The number of rotatable bonds is 4. The van der Waals surface area contributed by atoms with Crippen LogP contribution in [0.1, 0.15) is 21.5 Å². The monoisotopic (exact) mass is 328 g/mol. The van der Waals surface area contributed by atoms with Crippen LogP contribution in [0.4, 0.5) is 5.69 Å². The van der Waals surface area contributed by atoms with E-state index in [1.54, 1.807) is 23.0 Å². The van der Waals surface area contributed by atoms with Crippen LogP contribution in [0, 0.1) is 0 Å². The molecule has 5 nitrogen and oxygen atoms in total. The first-order chi connectivity index (χ1) is 12.3. The lowest BCUT2D eigenvalue weighted by Gasteiger charge is -2.10. The van der Waals surface area contributed by atoms with Crippen molar-refractivity contribution in [1.82, 2.24) is 14.6 Å². The molecular weight excluding hydrogens is 312 g/mol. The molecule has 1 amide bonds. The third-order valence-corrected chi connectivity index (χ3v) is 4.03. The highest BCUT2D eigenvalue weighted by Gasteiger charge is 2.15. The van der Waals surface area contributed by atoms with Gasteiger partial charge in [0.1, 0.15) is 5.56 Å². The topological polar surface area (TPSA) is 59.3 Å². The first-order valence-corrected chi connectivity index (χ1v) is 8.03. The average Bonchev–Trinajstić information content (AvgIpc) is 3.08. The molecule has 0 aliphatic carbocycles. The number of carbonyl (C=O) groups excluding carboxylic acids is 1. The Morgan fingerprint density at radius 3 is 2.68 bits per heavy atom. The van der Waals surface area contributed by atoms with Crippen LogP contribution in [0.25, 0.3) is 5.65 Å². The second-order valence-corrected chi connectivity index (χ2v) is 5.72. The average molecular weight is 328 g/mol. The molecule has 0 aliphatic heterocycles. The summed E-state index contributed by atoms with van der Waals surface area (Å²) in [4.78, 5) is 16.9. The summed E-state index contributed by atoms with van der Waals surface area (Å²) in [6.07, 6.45) is 5.71. The Morgan fingerprint density at radius 1 is 1.00 bits per heavy atom. The fraction of sp³-hybridized carbons (Fsp3) is 0.0500. The van der Waals surface area contributed by atoms with Crippen LogP contribution in [-0.4, -0.2) is 20.5 Å². The zero-order valence-electron chi connectivity index (χ0n) is 13.5. The van der Waals surface area contributed by atoms with E-state index in [9.17, 15) is 4.79 Å². The number of fused-ring (bicyclic) bond motifs is 1. The highest BCUT2D eigenvalue weighted by atomic mass is 16.1. The summed E-state index contributed by atoms with van der Waals surface area (Å²) < 4.78 is 1.59. The minimum absolute atomic E-state index is 0.214. The van der Waals surface area contributed by atoms with E-state index in [2.05, 4.69) is 27.5 Å². The normalized spacial score (nSPS) is 10.7. The number of carbonyl (C=O) groups is 1. The summed E-state index contributed by atoms with van der Waals surface area (Å²) in [5, 5.41) is 7.16. The molecule has 0 radical (unpaired) electrons. The first kappa shape index (κ1) is 15.1. The molecule has 2 aromatic heterocycles. The molecule has 0 saturated carbocycles. The molecule has 0 atom stereocenters. The Morgan fingerprint density at radius 2 is 1.80 bits per heavy atom. The van der Waals surface area contributed by atoms with Crippen LogP contribution >= 0.6 is 0 Å². The van der Waals surface area contributed by atoms with Gasteiger partial charge in [-0.2, -0.15) is 5.10 Å². The van der Waals surface area contributed by atoms with Gasteiger partial charge in [-0.05, 0) is 29.7 Å². The highest BCUT2D eigenvalue weighted by molar-refractivity contribution is 6.08. The second kappa shape index (κ2) is 6.57. The molecule has 5 heteroatoms. The zero-order valence-corrected chi connectivity index (χ0v) is 13.5. The van der Waals surface area contributed by atoms with E-state index in [-0.39, 0.29) is 5.91 Å². The van der Waals surface area contributed by atoms with E-state index >= 15 is 0 Å². The number of hydrogen-bond donors (Lipinski definition) is 1. The van der Waals surface area contributed by atoms with Crippen molar-refractivity contribution >= 4 is 17.2 Å². The molecule has 0 fully saturated rings. The number of amides is 1. The number of aromatic nitrogens is 3. The van der Waals surface area contributed by atoms with Crippen molar-refractivity contribution in [3.63, 3.8) is 0 Å². The second-order valence-electron chi connectivity index (χ2n) is 5.72. The number of nitrogens with one attached hydrogen (secondary N) is 1. The highest BCUT2D eigenvalue weighted by Crippen LogP contribution is 2.20. The van der Waals surface area contributed by atoms with Crippen LogP contribution in [0.5, 0.6) is 0 Å². The van der Waals surface area contributed by atoms with Gasteiger partial charge in [-0.3, -0.25) is 4.79 Å². The summed E-state index contributed by atoms with van der Waals surface area (Å²) in [5.41, 5.74) is 4.05. The minimum atomic E-state index is -0.214. The van der Waals surface area contributed by atoms with Crippen molar-refractivity contribution in [3.05, 3.63) is 95.9 Å². The third kappa shape index (κ3) is 3.12. The maximum absolute atomic E-state index is 12.7. The molecule has 25 heavy (non-hydrogen) atoms. The summed E-state index contributed by atoms with van der Waals surface area (Å²) in [6.45, 7) is 0. The summed E-state index contributed by atoms with van der Waals surface area (Å²) in [7, 11) is 0. The van der Waals surface area contributed by atoms with Crippen molar-refractivity contribution in [1.29, 1.82) is 0 Å². The number of hydrogen-bond acceptors (Lipinski definition) is 3. The molecule has 0 saturated heterocycles. The van der Waals surface area contributed by atoms with Crippen LogP contribution in [0.3, 0.4) is 0 Å². The number of para-hydroxylation sites is 1. The lowest BCUT2D eigenvalue weighted by Crippen LogP contribution is -2.13. The quantitative estimate of drug-likeness (QED) is 0.623. The van der Waals surface area contributed by atoms with E-state index in [0.29, 0.717) is 11.2 Å². The molecule has 122 valence electrons. The fourth-order valence-corrected chi connectivity index (χ4v) is 2.79. The standard InChI is InChI=1S/C20H16N4O/c25-20(17-14-22-24-12-6-11-21-19(17)24)23-18-10-5-4-9-16(18)13-15-7-2-1-3-8-15/h1-12,14H,13H2,(H,23,25). The minimum Gasteiger partial charge on any atom is -0.322 e. The Hall–Kier alpha value is -3.47. The van der Waals surface area contributed by atoms with E-state index in [4.69, 9.17) is 0 Å². The third-order valence-electron chi connectivity index (χ3n) is 4.03. The van der Waals surface area contributed by atoms with Gasteiger partial charge in [0, 0.05) is 18.1 Å². The predicted molar refractivity (Wildman–Crippen MR) is 96.6 cm³/mol. The number of nitrogens with zero attached hydrogens (tertiary/aromatic N) is 3. The smallest absolute Gasteiger partial charge is 0.261 e.